The number of pyridine rings is 1. The van der Waals surface area contributed by atoms with Gasteiger partial charge in [0.15, 0.2) is 0 Å². The zero-order valence-corrected chi connectivity index (χ0v) is 13.3. The molecule has 0 radical (unpaired) electrons. The molecule has 21 heavy (non-hydrogen) atoms. The van der Waals surface area contributed by atoms with E-state index in [0.29, 0.717) is 6.04 Å². The maximum atomic E-state index is 11.6. The molecule has 0 amide bonds. The molecule has 1 aliphatic rings. The minimum absolute atomic E-state index is 0.0927. The Morgan fingerprint density at radius 3 is 2.67 bits per heavy atom. The molecular weight excluding hydrogens is 262 g/mol. The van der Waals surface area contributed by atoms with Crippen LogP contribution >= 0.6 is 0 Å². The fraction of sp³-hybridized carbons (Fsp3) is 0.706. The van der Waals surface area contributed by atoms with E-state index in [4.69, 9.17) is 0 Å². The Morgan fingerprint density at radius 2 is 1.95 bits per heavy atom. The molecule has 0 saturated carbocycles. The van der Waals surface area contributed by atoms with Gasteiger partial charge in [-0.25, -0.2) is 0 Å². The third-order valence-electron chi connectivity index (χ3n) is 4.20. The van der Waals surface area contributed by atoms with E-state index in [1.165, 1.54) is 38.8 Å². The summed E-state index contributed by atoms with van der Waals surface area (Å²) in [6.45, 7) is 7.68. The molecule has 0 aliphatic carbocycles. The predicted octanol–water partition coefficient (Wildman–Crippen LogP) is 2.09. The Balaban J connectivity index is 1.61. The van der Waals surface area contributed by atoms with Crippen LogP contribution in [0.3, 0.4) is 0 Å². The van der Waals surface area contributed by atoms with Gasteiger partial charge >= 0.3 is 0 Å². The summed E-state index contributed by atoms with van der Waals surface area (Å²) in [4.78, 5) is 14.2. The molecule has 2 rings (SSSR count). The van der Waals surface area contributed by atoms with E-state index < -0.39 is 0 Å². The van der Waals surface area contributed by atoms with Crippen LogP contribution in [0.2, 0.25) is 0 Å². The number of hydrogen-bond donors (Lipinski definition) is 1. The highest BCUT2D eigenvalue weighted by Gasteiger charge is 2.11. The number of aryl methyl sites for hydroxylation is 1. The minimum Gasteiger partial charge on any atom is -0.315 e. The summed E-state index contributed by atoms with van der Waals surface area (Å²) in [5, 5.41) is 3.58. The maximum absolute atomic E-state index is 11.6. The monoisotopic (exact) mass is 291 g/mol. The lowest BCUT2D eigenvalue weighted by molar-refractivity contribution is 0.255. The molecule has 1 atom stereocenters. The van der Waals surface area contributed by atoms with Crippen molar-refractivity contribution in [3.8, 4) is 0 Å². The van der Waals surface area contributed by atoms with Crippen molar-refractivity contribution in [2.45, 2.75) is 51.6 Å². The normalized spacial score (nSPS) is 18.3. The summed E-state index contributed by atoms with van der Waals surface area (Å²) in [5.74, 6) is 0. The zero-order valence-electron chi connectivity index (χ0n) is 13.3. The molecule has 4 nitrogen and oxygen atoms in total. The average molecular weight is 291 g/mol. The van der Waals surface area contributed by atoms with Gasteiger partial charge in [-0.1, -0.05) is 18.9 Å². The SMILES string of the molecule is CC(CN1CCCCCC1)NCCCn1ccccc1=O. The maximum Gasteiger partial charge on any atom is 0.250 e. The quantitative estimate of drug-likeness (QED) is 0.782. The van der Waals surface area contributed by atoms with Gasteiger partial charge in [0.05, 0.1) is 0 Å². The third-order valence-corrected chi connectivity index (χ3v) is 4.20. The van der Waals surface area contributed by atoms with E-state index in [9.17, 15) is 4.79 Å². The Hall–Kier alpha value is -1.13. The largest absolute Gasteiger partial charge is 0.315 e. The topological polar surface area (TPSA) is 37.3 Å². The molecular formula is C17H29N3O. The minimum atomic E-state index is 0.0927. The molecule has 2 heterocycles. The molecule has 0 spiro atoms. The zero-order chi connectivity index (χ0) is 14.9. The van der Waals surface area contributed by atoms with E-state index >= 15 is 0 Å². The fourth-order valence-electron chi connectivity index (χ4n) is 3.01. The van der Waals surface area contributed by atoms with Crippen LogP contribution in [0.5, 0.6) is 0 Å². The van der Waals surface area contributed by atoms with Crippen LogP contribution in [0.25, 0.3) is 0 Å². The highest BCUT2D eigenvalue weighted by atomic mass is 16.1. The second-order valence-electron chi connectivity index (χ2n) is 6.16. The van der Waals surface area contributed by atoms with E-state index in [1.54, 1.807) is 16.7 Å². The Labute approximate surface area is 128 Å². The summed E-state index contributed by atoms with van der Waals surface area (Å²) in [5.41, 5.74) is 0.0927. The van der Waals surface area contributed by atoms with Crippen LogP contribution in [0.15, 0.2) is 29.2 Å². The molecule has 4 heteroatoms. The first-order valence-corrected chi connectivity index (χ1v) is 8.37. The predicted molar refractivity (Wildman–Crippen MR) is 87.7 cm³/mol. The Morgan fingerprint density at radius 1 is 1.19 bits per heavy atom. The fourth-order valence-corrected chi connectivity index (χ4v) is 3.01. The molecule has 1 fully saturated rings. The number of likely N-dealkylation sites (tertiary alicyclic amines) is 1. The summed E-state index contributed by atoms with van der Waals surface area (Å²) < 4.78 is 1.78. The summed E-state index contributed by atoms with van der Waals surface area (Å²) in [7, 11) is 0. The van der Waals surface area contributed by atoms with Crippen LogP contribution in [0.4, 0.5) is 0 Å². The second kappa shape index (κ2) is 9.00. The summed E-state index contributed by atoms with van der Waals surface area (Å²) >= 11 is 0. The van der Waals surface area contributed by atoms with Crippen LogP contribution in [0, 0.1) is 0 Å². The molecule has 1 N–H and O–H groups in total. The number of nitrogens with one attached hydrogen (secondary N) is 1. The molecule has 0 aromatic carbocycles. The van der Waals surface area contributed by atoms with E-state index in [0.717, 1.165) is 26.1 Å². The lowest BCUT2D eigenvalue weighted by Crippen LogP contribution is -2.40. The Kier molecular flexibility index (Phi) is 6.96. The average Bonchev–Trinajstić information content (AvgIpc) is 2.74. The second-order valence-corrected chi connectivity index (χ2v) is 6.16. The smallest absolute Gasteiger partial charge is 0.250 e. The van der Waals surface area contributed by atoms with Crippen LogP contribution < -0.4 is 10.9 Å². The molecule has 1 aromatic rings. The molecule has 1 unspecified atom stereocenters. The van der Waals surface area contributed by atoms with Gasteiger partial charge in [-0.2, -0.15) is 0 Å². The van der Waals surface area contributed by atoms with Gasteiger partial charge in [0.25, 0.3) is 0 Å². The van der Waals surface area contributed by atoms with Crippen molar-refractivity contribution in [3.63, 3.8) is 0 Å². The number of aromatic nitrogens is 1. The van der Waals surface area contributed by atoms with E-state index in [1.807, 2.05) is 12.3 Å². The molecule has 118 valence electrons. The van der Waals surface area contributed by atoms with Gasteiger partial charge in [0.2, 0.25) is 5.56 Å². The van der Waals surface area contributed by atoms with Crippen LogP contribution in [-0.2, 0) is 6.54 Å². The molecule has 1 aromatic heterocycles. The summed E-state index contributed by atoms with van der Waals surface area (Å²) in [6.07, 6.45) is 8.35. The number of nitrogens with zero attached hydrogens (tertiary/aromatic N) is 2. The van der Waals surface area contributed by atoms with Crippen LogP contribution in [0.1, 0.15) is 39.0 Å². The lowest BCUT2D eigenvalue weighted by Gasteiger charge is -2.24. The van der Waals surface area contributed by atoms with Gasteiger partial charge in [-0.3, -0.25) is 4.79 Å². The lowest BCUT2D eigenvalue weighted by atomic mass is 10.2. The molecule has 0 bridgehead atoms. The highest BCUT2D eigenvalue weighted by Crippen LogP contribution is 2.09. The van der Waals surface area contributed by atoms with Gasteiger partial charge in [-0.05, 0) is 51.9 Å². The van der Waals surface area contributed by atoms with Crippen molar-refractivity contribution < 1.29 is 0 Å². The van der Waals surface area contributed by atoms with Gasteiger partial charge in [-0.15, -0.1) is 0 Å². The van der Waals surface area contributed by atoms with E-state index in [-0.39, 0.29) is 5.56 Å². The highest BCUT2D eigenvalue weighted by molar-refractivity contribution is 4.93. The van der Waals surface area contributed by atoms with Crippen molar-refractivity contribution in [1.82, 2.24) is 14.8 Å². The number of rotatable bonds is 7. The van der Waals surface area contributed by atoms with Crippen molar-refractivity contribution in [2.24, 2.45) is 0 Å². The first-order valence-electron chi connectivity index (χ1n) is 8.37. The van der Waals surface area contributed by atoms with E-state index in [2.05, 4.69) is 17.1 Å². The van der Waals surface area contributed by atoms with Gasteiger partial charge in [0.1, 0.15) is 0 Å². The number of hydrogen-bond acceptors (Lipinski definition) is 3. The van der Waals surface area contributed by atoms with Crippen molar-refractivity contribution >= 4 is 0 Å². The van der Waals surface area contributed by atoms with Crippen molar-refractivity contribution in [3.05, 3.63) is 34.7 Å². The Bertz CT molecular complexity index is 449. The summed E-state index contributed by atoms with van der Waals surface area (Å²) in [6, 6.07) is 5.85. The van der Waals surface area contributed by atoms with Gasteiger partial charge in [0, 0.05) is 31.4 Å². The first kappa shape index (κ1) is 16.2. The first-order chi connectivity index (χ1) is 10.3. The standard InChI is InChI=1S/C17H29N3O/c1-16(15-19-11-5-2-3-6-12-19)18-10-8-14-20-13-7-4-9-17(20)21/h4,7,9,13,16,18H,2-3,5-6,8,10-12,14-15H2,1H3. The molecule has 1 saturated heterocycles. The van der Waals surface area contributed by atoms with Crippen molar-refractivity contribution in [2.75, 3.05) is 26.2 Å². The third kappa shape index (κ3) is 6.02. The van der Waals surface area contributed by atoms with Gasteiger partial charge < -0.3 is 14.8 Å². The van der Waals surface area contributed by atoms with Crippen molar-refractivity contribution in [1.29, 1.82) is 0 Å². The van der Waals surface area contributed by atoms with Crippen LogP contribution in [-0.4, -0.2) is 41.7 Å². The molecule has 1 aliphatic heterocycles.